The second-order valence-corrected chi connectivity index (χ2v) is 6.94. The number of nitrogens with one attached hydrogen (secondary N) is 1. The molecule has 0 aliphatic carbocycles. The molecule has 5 nitrogen and oxygen atoms in total. The molecular formula is C20H22ClN3O2. The van der Waals surface area contributed by atoms with Crippen molar-refractivity contribution in [2.45, 2.75) is 19.4 Å². The number of hydrogen-bond acceptors (Lipinski definition) is 2. The Morgan fingerprint density at radius 1 is 1.23 bits per heavy atom. The lowest BCUT2D eigenvalue weighted by molar-refractivity contribution is -0.134. The SMILES string of the molecule is CC1c2ccccc2CCN1C(=O)CN(C)C(=O)Nc1cccc(Cl)c1. The summed E-state index contributed by atoms with van der Waals surface area (Å²) in [5, 5.41) is 3.29. The highest BCUT2D eigenvalue weighted by Crippen LogP contribution is 2.29. The monoisotopic (exact) mass is 371 g/mol. The van der Waals surface area contributed by atoms with Crippen molar-refractivity contribution in [3.05, 3.63) is 64.7 Å². The summed E-state index contributed by atoms with van der Waals surface area (Å²) in [6.07, 6.45) is 0.838. The Kier molecular flexibility index (Phi) is 5.47. The standard InChI is InChI=1S/C20H22ClN3O2/c1-14-18-9-4-3-6-15(18)10-11-24(14)19(25)13-23(2)20(26)22-17-8-5-7-16(21)12-17/h3-9,12,14H,10-11,13H2,1-2H3,(H,22,26). The Morgan fingerprint density at radius 2 is 2.00 bits per heavy atom. The minimum atomic E-state index is -0.342. The number of nitrogens with zero attached hydrogens (tertiary/aromatic N) is 2. The van der Waals surface area contributed by atoms with Crippen molar-refractivity contribution in [2.75, 3.05) is 25.5 Å². The Hall–Kier alpha value is -2.53. The van der Waals surface area contributed by atoms with E-state index in [0.717, 1.165) is 6.42 Å². The summed E-state index contributed by atoms with van der Waals surface area (Å²) >= 11 is 5.93. The highest BCUT2D eigenvalue weighted by atomic mass is 35.5. The van der Waals surface area contributed by atoms with Gasteiger partial charge in [0.25, 0.3) is 0 Å². The van der Waals surface area contributed by atoms with Gasteiger partial charge in [0.2, 0.25) is 5.91 Å². The quantitative estimate of drug-likeness (QED) is 0.888. The summed E-state index contributed by atoms with van der Waals surface area (Å²) in [7, 11) is 1.61. The van der Waals surface area contributed by atoms with Gasteiger partial charge in [-0.1, -0.05) is 41.9 Å². The normalized spacial score (nSPS) is 16.0. The molecule has 1 aliphatic rings. The Labute approximate surface area is 158 Å². The molecule has 3 amide bonds. The zero-order valence-corrected chi connectivity index (χ0v) is 15.7. The Morgan fingerprint density at radius 3 is 2.77 bits per heavy atom. The van der Waals surface area contributed by atoms with E-state index in [9.17, 15) is 9.59 Å². The summed E-state index contributed by atoms with van der Waals surface area (Å²) in [6, 6.07) is 14.8. The maximum atomic E-state index is 12.7. The van der Waals surface area contributed by atoms with E-state index in [4.69, 9.17) is 11.6 Å². The molecule has 1 aliphatic heterocycles. The fourth-order valence-electron chi connectivity index (χ4n) is 3.26. The first-order valence-corrected chi connectivity index (χ1v) is 8.98. The van der Waals surface area contributed by atoms with Gasteiger partial charge in [-0.05, 0) is 42.7 Å². The Balaban J connectivity index is 1.61. The number of hydrogen-bond donors (Lipinski definition) is 1. The van der Waals surface area contributed by atoms with Crippen molar-refractivity contribution >= 4 is 29.2 Å². The minimum Gasteiger partial charge on any atom is -0.334 e. The number of benzene rings is 2. The fraction of sp³-hybridized carbons (Fsp3) is 0.300. The number of fused-ring (bicyclic) bond motifs is 1. The molecule has 1 heterocycles. The first kappa shape index (κ1) is 18.3. The van der Waals surface area contributed by atoms with E-state index in [0.29, 0.717) is 17.3 Å². The van der Waals surface area contributed by atoms with Gasteiger partial charge in [-0.2, -0.15) is 0 Å². The van der Waals surface area contributed by atoms with Crippen molar-refractivity contribution < 1.29 is 9.59 Å². The molecule has 3 rings (SSSR count). The molecule has 0 fully saturated rings. The summed E-state index contributed by atoms with van der Waals surface area (Å²) < 4.78 is 0. The van der Waals surface area contributed by atoms with Crippen LogP contribution in [0.4, 0.5) is 10.5 Å². The van der Waals surface area contributed by atoms with E-state index in [1.54, 1.807) is 31.3 Å². The van der Waals surface area contributed by atoms with Gasteiger partial charge in [-0.25, -0.2) is 4.79 Å². The van der Waals surface area contributed by atoms with Gasteiger partial charge in [-0.15, -0.1) is 0 Å². The molecule has 0 spiro atoms. The number of rotatable bonds is 3. The van der Waals surface area contributed by atoms with Crippen LogP contribution in [0.3, 0.4) is 0 Å². The number of anilines is 1. The van der Waals surface area contributed by atoms with Crippen LogP contribution in [0, 0.1) is 0 Å². The van der Waals surface area contributed by atoms with Crippen LogP contribution in [-0.2, 0) is 11.2 Å². The second kappa shape index (κ2) is 7.79. The molecule has 1 unspecified atom stereocenters. The maximum absolute atomic E-state index is 12.7. The van der Waals surface area contributed by atoms with Gasteiger partial charge in [0.05, 0.1) is 6.04 Å². The lowest BCUT2D eigenvalue weighted by atomic mass is 9.93. The number of carbonyl (C=O) groups excluding carboxylic acids is 2. The van der Waals surface area contributed by atoms with Crippen molar-refractivity contribution in [2.24, 2.45) is 0 Å². The highest BCUT2D eigenvalue weighted by Gasteiger charge is 2.28. The maximum Gasteiger partial charge on any atom is 0.322 e. The van der Waals surface area contributed by atoms with Crippen LogP contribution in [0.5, 0.6) is 0 Å². The smallest absolute Gasteiger partial charge is 0.322 e. The molecule has 0 saturated heterocycles. The predicted octanol–water partition coefficient (Wildman–Crippen LogP) is 3.95. The minimum absolute atomic E-state index is 0.0110. The van der Waals surface area contributed by atoms with Crippen LogP contribution in [-0.4, -0.2) is 41.9 Å². The number of likely N-dealkylation sites (N-methyl/N-ethyl adjacent to an activating group) is 1. The number of amides is 3. The lowest BCUT2D eigenvalue weighted by Crippen LogP contribution is -2.45. The average Bonchev–Trinajstić information content (AvgIpc) is 2.62. The first-order valence-electron chi connectivity index (χ1n) is 8.60. The predicted molar refractivity (Wildman–Crippen MR) is 103 cm³/mol. The molecule has 2 aromatic carbocycles. The first-order chi connectivity index (χ1) is 12.5. The van der Waals surface area contributed by atoms with E-state index >= 15 is 0 Å². The highest BCUT2D eigenvalue weighted by molar-refractivity contribution is 6.30. The second-order valence-electron chi connectivity index (χ2n) is 6.51. The summed E-state index contributed by atoms with van der Waals surface area (Å²) in [6.45, 7) is 2.72. The number of halogens is 1. The van der Waals surface area contributed by atoms with Crippen LogP contribution < -0.4 is 5.32 Å². The third-order valence-electron chi connectivity index (χ3n) is 4.71. The molecule has 2 aromatic rings. The summed E-state index contributed by atoms with van der Waals surface area (Å²) in [5.41, 5.74) is 3.07. The molecule has 0 saturated carbocycles. The van der Waals surface area contributed by atoms with E-state index in [1.807, 2.05) is 24.0 Å². The third kappa shape index (κ3) is 3.99. The van der Waals surface area contributed by atoms with Crippen molar-refractivity contribution in [3.8, 4) is 0 Å². The van der Waals surface area contributed by atoms with Gasteiger partial charge in [0.15, 0.2) is 0 Å². The van der Waals surface area contributed by atoms with Gasteiger partial charge in [-0.3, -0.25) is 4.79 Å². The zero-order chi connectivity index (χ0) is 18.7. The molecule has 136 valence electrons. The van der Waals surface area contributed by atoms with Gasteiger partial charge >= 0.3 is 6.03 Å². The summed E-state index contributed by atoms with van der Waals surface area (Å²) in [4.78, 5) is 28.3. The van der Waals surface area contributed by atoms with E-state index < -0.39 is 0 Å². The van der Waals surface area contributed by atoms with Crippen molar-refractivity contribution in [1.29, 1.82) is 0 Å². The molecule has 26 heavy (non-hydrogen) atoms. The third-order valence-corrected chi connectivity index (χ3v) is 4.95. The van der Waals surface area contributed by atoms with Crippen LogP contribution >= 0.6 is 11.6 Å². The van der Waals surface area contributed by atoms with Crippen LogP contribution in [0.2, 0.25) is 5.02 Å². The molecule has 1 N–H and O–H groups in total. The molecule has 6 heteroatoms. The molecule has 0 radical (unpaired) electrons. The zero-order valence-electron chi connectivity index (χ0n) is 14.9. The number of urea groups is 1. The molecular weight excluding hydrogens is 350 g/mol. The largest absolute Gasteiger partial charge is 0.334 e. The molecule has 0 bridgehead atoms. The summed E-state index contributed by atoms with van der Waals surface area (Å²) in [5.74, 6) is -0.0595. The molecule has 0 aromatic heterocycles. The molecule has 1 atom stereocenters. The lowest BCUT2D eigenvalue weighted by Gasteiger charge is -2.36. The van der Waals surface area contributed by atoms with Crippen molar-refractivity contribution in [1.82, 2.24) is 9.80 Å². The van der Waals surface area contributed by atoms with Gasteiger partial charge in [0.1, 0.15) is 6.54 Å². The van der Waals surface area contributed by atoms with Crippen LogP contribution in [0.15, 0.2) is 48.5 Å². The number of carbonyl (C=O) groups is 2. The van der Waals surface area contributed by atoms with Gasteiger partial charge in [0, 0.05) is 24.3 Å². The van der Waals surface area contributed by atoms with Gasteiger partial charge < -0.3 is 15.1 Å². The fourth-order valence-corrected chi connectivity index (χ4v) is 3.45. The van der Waals surface area contributed by atoms with Crippen LogP contribution in [0.1, 0.15) is 24.1 Å². The van der Waals surface area contributed by atoms with E-state index in [1.165, 1.54) is 16.0 Å². The average molecular weight is 372 g/mol. The topological polar surface area (TPSA) is 52.7 Å². The van der Waals surface area contributed by atoms with Crippen LogP contribution in [0.25, 0.3) is 0 Å². The van der Waals surface area contributed by atoms with Crippen molar-refractivity contribution in [3.63, 3.8) is 0 Å². The van der Waals surface area contributed by atoms with E-state index in [-0.39, 0.29) is 24.5 Å². The van der Waals surface area contributed by atoms with E-state index in [2.05, 4.69) is 17.4 Å². The Bertz CT molecular complexity index is 824.